The number of hydrogen-bond donors (Lipinski definition) is 2. The normalized spacial score (nSPS) is 20.1. The van der Waals surface area contributed by atoms with E-state index in [1.165, 1.54) is 0 Å². The number of primary amides is 1. The van der Waals surface area contributed by atoms with Gasteiger partial charge in [0.05, 0.1) is 17.3 Å². The average Bonchev–Trinajstić information content (AvgIpc) is 2.66. The zero-order valence-corrected chi connectivity index (χ0v) is 9.44. The van der Waals surface area contributed by atoms with E-state index in [0.717, 1.165) is 29.9 Å². The molecule has 4 heteroatoms. The van der Waals surface area contributed by atoms with Crippen molar-refractivity contribution < 1.29 is 4.79 Å². The molecule has 0 saturated carbocycles. The monoisotopic (exact) mass is 219 g/mol. The quantitative estimate of drug-likeness (QED) is 0.725. The fourth-order valence-corrected chi connectivity index (χ4v) is 2.17. The third-order valence-electron chi connectivity index (χ3n) is 3.11. The van der Waals surface area contributed by atoms with Crippen molar-refractivity contribution in [3.05, 3.63) is 23.8 Å². The summed E-state index contributed by atoms with van der Waals surface area (Å²) < 4.78 is 0. The summed E-state index contributed by atoms with van der Waals surface area (Å²) in [6, 6.07) is 5.99. The van der Waals surface area contributed by atoms with Crippen LogP contribution in [0.4, 0.5) is 11.4 Å². The molecule has 2 rings (SSSR count). The van der Waals surface area contributed by atoms with Crippen LogP contribution in [0.15, 0.2) is 18.2 Å². The van der Waals surface area contributed by atoms with E-state index in [1.54, 1.807) is 0 Å². The van der Waals surface area contributed by atoms with Gasteiger partial charge in [0.25, 0.3) is 0 Å². The van der Waals surface area contributed by atoms with Crippen LogP contribution in [0, 0.1) is 12.8 Å². The highest BCUT2D eigenvalue weighted by molar-refractivity contribution is 5.79. The number of aryl methyl sites for hydroxylation is 1. The van der Waals surface area contributed by atoms with Gasteiger partial charge in [-0.3, -0.25) is 4.79 Å². The lowest BCUT2D eigenvalue weighted by Gasteiger charge is -2.20. The molecule has 1 aliphatic heterocycles. The SMILES string of the molecule is Cc1ccc(N2CCC(C(N)=O)C2)c(N)c1. The van der Waals surface area contributed by atoms with E-state index in [4.69, 9.17) is 11.5 Å². The molecule has 0 aromatic heterocycles. The minimum absolute atomic E-state index is 0.0410. The van der Waals surface area contributed by atoms with Gasteiger partial charge in [-0.1, -0.05) is 6.07 Å². The van der Waals surface area contributed by atoms with Crippen LogP contribution in [0.25, 0.3) is 0 Å². The van der Waals surface area contributed by atoms with Gasteiger partial charge in [0.2, 0.25) is 5.91 Å². The third-order valence-corrected chi connectivity index (χ3v) is 3.11. The first-order chi connectivity index (χ1) is 7.58. The number of amides is 1. The Morgan fingerprint density at radius 3 is 2.81 bits per heavy atom. The van der Waals surface area contributed by atoms with Crippen molar-refractivity contribution >= 4 is 17.3 Å². The second kappa shape index (κ2) is 4.04. The molecule has 1 heterocycles. The fraction of sp³-hybridized carbons (Fsp3) is 0.417. The van der Waals surface area contributed by atoms with Gasteiger partial charge in [0.15, 0.2) is 0 Å². The van der Waals surface area contributed by atoms with Crippen LogP contribution in [0.3, 0.4) is 0 Å². The lowest BCUT2D eigenvalue weighted by Crippen LogP contribution is -2.27. The molecule has 0 bridgehead atoms. The first kappa shape index (κ1) is 10.8. The maximum Gasteiger partial charge on any atom is 0.222 e. The van der Waals surface area contributed by atoms with Crippen LogP contribution in [0.5, 0.6) is 0 Å². The summed E-state index contributed by atoms with van der Waals surface area (Å²) >= 11 is 0. The Labute approximate surface area is 95.2 Å². The van der Waals surface area contributed by atoms with Crippen LogP contribution < -0.4 is 16.4 Å². The predicted octanol–water partition coefficient (Wildman–Crippen LogP) is 0.889. The van der Waals surface area contributed by atoms with Crippen LogP contribution in [-0.2, 0) is 4.79 Å². The Balaban J connectivity index is 2.17. The van der Waals surface area contributed by atoms with Gasteiger partial charge < -0.3 is 16.4 Å². The lowest BCUT2D eigenvalue weighted by atomic mass is 10.1. The zero-order valence-electron chi connectivity index (χ0n) is 9.44. The molecular formula is C12H17N3O. The maximum absolute atomic E-state index is 11.1. The fourth-order valence-electron chi connectivity index (χ4n) is 2.17. The summed E-state index contributed by atoms with van der Waals surface area (Å²) in [6.07, 6.45) is 0.822. The van der Waals surface area contributed by atoms with E-state index in [9.17, 15) is 4.79 Å². The number of carbonyl (C=O) groups is 1. The van der Waals surface area contributed by atoms with Gasteiger partial charge >= 0.3 is 0 Å². The van der Waals surface area contributed by atoms with Gasteiger partial charge in [0, 0.05) is 13.1 Å². The Morgan fingerprint density at radius 1 is 1.50 bits per heavy atom. The van der Waals surface area contributed by atoms with E-state index < -0.39 is 0 Å². The van der Waals surface area contributed by atoms with Gasteiger partial charge in [-0.15, -0.1) is 0 Å². The molecule has 4 nitrogen and oxygen atoms in total. The van der Waals surface area contributed by atoms with Crippen LogP contribution in [-0.4, -0.2) is 19.0 Å². The molecule has 1 amide bonds. The Morgan fingerprint density at radius 2 is 2.25 bits per heavy atom. The lowest BCUT2D eigenvalue weighted by molar-refractivity contribution is -0.121. The summed E-state index contributed by atoms with van der Waals surface area (Å²) in [5, 5.41) is 0. The number of anilines is 2. The molecule has 0 radical (unpaired) electrons. The Kier molecular flexibility index (Phi) is 2.73. The number of benzene rings is 1. The summed E-state index contributed by atoms with van der Waals surface area (Å²) in [4.78, 5) is 13.2. The molecule has 1 atom stereocenters. The maximum atomic E-state index is 11.1. The van der Waals surface area contributed by atoms with Crippen molar-refractivity contribution in [1.82, 2.24) is 0 Å². The van der Waals surface area contributed by atoms with Gasteiger partial charge in [-0.05, 0) is 31.0 Å². The topological polar surface area (TPSA) is 72.3 Å². The van der Waals surface area contributed by atoms with E-state index in [1.807, 2.05) is 25.1 Å². The van der Waals surface area contributed by atoms with E-state index in [2.05, 4.69) is 4.90 Å². The van der Waals surface area contributed by atoms with Crippen LogP contribution >= 0.6 is 0 Å². The van der Waals surface area contributed by atoms with Crippen molar-refractivity contribution in [3.63, 3.8) is 0 Å². The number of hydrogen-bond acceptors (Lipinski definition) is 3. The van der Waals surface area contributed by atoms with Crippen molar-refractivity contribution in [1.29, 1.82) is 0 Å². The van der Waals surface area contributed by atoms with Crippen LogP contribution in [0.1, 0.15) is 12.0 Å². The largest absolute Gasteiger partial charge is 0.397 e. The first-order valence-corrected chi connectivity index (χ1v) is 5.48. The highest BCUT2D eigenvalue weighted by Gasteiger charge is 2.27. The highest BCUT2D eigenvalue weighted by atomic mass is 16.1. The molecule has 1 unspecified atom stereocenters. The third kappa shape index (κ3) is 1.96. The molecule has 0 spiro atoms. The molecule has 1 aromatic carbocycles. The van der Waals surface area contributed by atoms with E-state index in [0.29, 0.717) is 6.54 Å². The Hall–Kier alpha value is -1.71. The zero-order chi connectivity index (χ0) is 11.7. The average molecular weight is 219 g/mol. The van der Waals surface area contributed by atoms with E-state index >= 15 is 0 Å². The minimum Gasteiger partial charge on any atom is -0.397 e. The van der Waals surface area contributed by atoms with E-state index in [-0.39, 0.29) is 11.8 Å². The minimum atomic E-state index is -0.215. The van der Waals surface area contributed by atoms with Crippen LogP contribution in [0.2, 0.25) is 0 Å². The summed E-state index contributed by atoms with van der Waals surface area (Å²) in [5.74, 6) is -0.256. The molecule has 86 valence electrons. The molecule has 16 heavy (non-hydrogen) atoms. The molecular weight excluding hydrogens is 202 g/mol. The van der Waals surface area contributed by atoms with Crippen molar-refractivity contribution in [2.45, 2.75) is 13.3 Å². The molecule has 4 N–H and O–H groups in total. The smallest absolute Gasteiger partial charge is 0.222 e. The number of nitrogens with two attached hydrogens (primary N) is 2. The van der Waals surface area contributed by atoms with Gasteiger partial charge in [0.1, 0.15) is 0 Å². The molecule has 1 aliphatic rings. The molecule has 1 fully saturated rings. The molecule has 1 aromatic rings. The number of carbonyl (C=O) groups excluding carboxylic acids is 1. The Bertz CT molecular complexity index is 417. The summed E-state index contributed by atoms with van der Waals surface area (Å²) in [5.41, 5.74) is 14.2. The second-order valence-electron chi connectivity index (χ2n) is 4.40. The van der Waals surface area contributed by atoms with Gasteiger partial charge in [-0.25, -0.2) is 0 Å². The predicted molar refractivity (Wildman–Crippen MR) is 65.1 cm³/mol. The standard InChI is InChI=1S/C12H17N3O/c1-8-2-3-11(10(13)6-8)15-5-4-9(7-15)12(14)16/h2-3,6,9H,4-5,7,13H2,1H3,(H2,14,16). The summed E-state index contributed by atoms with van der Waals surface area (Å²) in [7, 11) is 0. The summed E-state index contributed by atoms with van der Waals surface area (Å²) in [6.45, 7) is 3.54. The van der Waals surface area contributed by atoms with Crippen molar-refractivity contribution in [2.75, 3.05) is 23.7 Å². The first-order valence-electron chi connectivity index (χ1n) is 5.48. The van der Waals surface area contributed by atoms with Crippen molar-refractivity contribution in [3.8, 4) is 0 Å². The van der Waals surface area contributed by atoms with Gasteiger partial charge in [-0.2, -0.15) is 0 Å². The number of nitrogen functional groups attached to an aromatic ring is 1. The molecule has 1 saturated heterocycles. The molecule has 0 aliphatic carbocycles. The number of rotatable bonds is 2. The highest BCUT2D eigenvalue weighted by Crippen LogP contribution is 2.29. The van der Waals surface area contributed by atoms with Crippen molar-refractivity contribution in [2.24, 2.45) is 11.7 Å². The number of nitrogens with zero attached hydrogens (tertiary/aromatic N) is 1. The second-order valence-corrected chi connectivity index (χ2v) is 4.40.